The number of nitrogens with zero attached hydrogens (tertiary/aromatic N) is 1. The van der Waals surface area contributed by atoms with Crippen LogP contribution < -0.4 is 0 Å². The molecule has 7 nitrogen and oxygen atoms in total. The van der Waals surface area contributed by atoms with E-state index in [9.17, 15) is 14.2 Å². The zero-order chi connectivity index (χ0) is 30.2. The highest BCUT2D eigenvalue weighted by Gasteiger charge is 2.20. The summed E-state index contributed by atoms with van der Waals surface area (Å²) in [5.74, 6) is -0.452. The summed E-state index contributed by atoms with van der Waals surface area (Å²) >= 11 is 0. The minimum atomic E-state index is -4.67. The number of benzene rings is 1. The van der Waals surface area contributed by atoms with Gasteiger partial charge >= 0.3 is 7.82 Å². The molecule has 0 bridgehead atoms. The first-order chi connectivity index (χ1) is 19.8. The quantitative estimate of drug-likeness (QED) is 0.0767. The van der Waals surface area contributed by atoms with Gasteiger partial charge in [0.15, 0.2) is 0 Å². The molecule has 2 N–H and O–H groups in total. The maximum absolute atomic E-state index is 14.5. The van der Waals surface area contributed by atoms with Crippen LogP contribution in [0.3, 0.4) is 0 Å². The van der Waals surface area contributed by atoms with Gasteiger partial charge in [0, 0.05) is 12.2 Å². The molecule has 9 heteroatoms. The van der Waals surface area contributed by atoms with Gasteiger partial charge in [-0.3, -0.25) is 4.52 Å². The second-order valence-electron chi connectivity index (χ2n) is 11.1. The van der Waals surface area contributed by atoms with Gasteiger partial charge in [-0.25, -0.2) is 8.96 Å². The molecule has 236 valence electrons. The molecular formula is C32H55FNO6P. The van der Waals surface area contributed by atoms with Gasteiger partial charge in [-0.1, -0.05) is 117 Å². The van der Waals surface area contributed by atoms with Crippen molar-refractivity contribution in [1.29, 1.82) is 5.26 Å². The minimum Gasteiger partial charge on any atom is -0.379 e. The third kappa shape index (κ3) is 20.3. The number of ether oxygens (including phenoxy) is 2. The van der Waals surface area contributed by atoms with Crippen LogP contribution in [0.4, 0.5) is 4.39 Å². The fourth-order valence-electron chi connectivity index (χ4n) is 4.89. The molecule has 0 radical (unpaired) electrons. The summed E-state index contributed by atoms with van der Waals surface area (Å²) in [6.07, 6.45) is 21.2. The molecule has 0 heterocycles. The first-order valence-electron chi connectivity index (χ1n) is 15.9. The minimum absolute atomic E-state index is 0.0321. The van der Waals surface area contributed by atoms with Crippen molar-refractivity contribution >= 4 is 7.82 Å². The van der Waals surface area contributed by atoms with E-state index in [0.717, 1.165) is 19.3 Å². The molecule has 0 aliphatic carbocycles. The molecule has 0 fully saturated rings. The number of phosphoric ester groups is 1. The lowest BCUT2D eigenvalue weighted by atomic mass is 10.0. The summed E-state index contributed by atoms with van der Waals surface area (Å²) in [6.45, 7) is 4.41. The summed E-state index contributed by atoms with van der Waals surface area (Å²) in [6, 6.07) is 4.96. The van der Waals surface area contributed by atoms with E-state index in [1.54, 1.807) is 6.07 Å². The Bertz CT molecular complexity index is 888. The van der Waals surface area contributed by atoms with Crippen LogP contribution in [0.1, 0.15) is 140 Å². The lowest BCUT2D eigenvalue weighted by Gasteiger charge is -2.19. The second-order valence-corrected chi connectivity index (χ2v) is 12.3. The van der Waals surface area contributed by atoms with Crippen molar-refractivity contribution in [3.8, 4) is 6.07 Å². The number of halogens is 1. The summed E-state index contributed by atoms with van der Waals surface area (Å²) < 4.78 is 41.7. The van der Waals surface area contributed by atoms with Crippen molar-refractivity contribution in [2.45, 2.75) is 142 Å². The van der Waals surface area contributed by atoms with E-state index in [2.05, 4.69) is 11.4 Å². The summed E-state index contributed by atoms with van der Waals surface area (Å²) in [7, 11) is -4.67. The fourth-order valence-corrected chi connectivity index (χ4v) is 5.25. The molecule has 1 aromatic carbocycles. The maximum atomic E-state index is 14.5. The van der Waals surface area contributed by atoms with Crippen molar-refractivity contribution in [3.05, 3.63) is 34.6 Å². The van der Waals surface area contributed by atoms with Crippen molar-refractivity contribution < 1.29 is 32.7 Å². The van der Waals surface area contributed by atoms with Crippen LogP contribution in [-0.2, 0) is 31.6 Å². The molecule has 0 aliphatic heterocycles. The van der Waals surface area contributed by atoms with E-state index >= 15 is 0 Å². The van der Waals surface area contributed by atoms with Crippen LogP contribution >= 0.6 is 7.82 Å². The standard InChI is InChI=1S/C32H55FNO6P/c1-3-5-6-7-8-9-10-11-12-13-14-15-16-17-18-19-21-38-26-30(27-40-41(35,36)37)39-25-28-22-29(24-34)31(20-4-2)32(33)23-28/h22-23,30H,3-21,25-27H2,1-2H3,(H2,35,36,37). The van der Waals surface area contributed by atoms with Gasteiger partial charge in [0.1, 0.15) is 11.9 Å². The topological polar surface area (TPSA) is 109 Å². The van der Waals surface area contributed by atoms with Crippen LogP contribution in [0, 0.1) is 17.1 Å². The Labute approximate surface area is 248 Å². The summed E-state index contributed by atoms with van der Waals surface area (Å²) in [4.78, 5) is 18.1. The lowest BCUT2D eigenvalue weighted by Crippen LogP contribution is -2.25. The molecule has 1 unspecified atom stereocenters. The molecule has 0 saturated carbocycles. The number of hydrogen-bond acceptors (Lipinski definition) is 5. The second kappa shape index (κ2) is 24.1. The van der Waals surface area contributed by atoms with Crippen LogP contribution in [0.2, 0.25) is 0 Å². The van der Waals surface area contributed by atoms with Gasteiger partial charge < -0.3 is 19.3 Å². The van der Waals surface area contributed by atoms with Gasteiger partial charge in [0.05, 0.1) is 31.5 Å². The van der Waals surface area contributed by atoms with Gasteiger partial charge in [0.25, 0.3) is 0 Å². The third-order valence-corrected chi connectivity index (χ3v) is 7.72. The van der Waals surface area contributed by atoms with Gasteiger partial charge in [-0.05, 0) is 30.5 Å². The lowest BCUT2D eigenvalue weighted by molar-refractivity contribution is -0.0493. The van der Waals surface area contributed by atoms with Gasteiger partial charge in [-0.2, -0.15) is 5.26 Å². The Kier molecular flexibility index (Phi) is 22.2. The molecule has 0 spiro atoms. The first kappa shape index (κ1) is 37.7. The number of rotatable bonds is 27. The summed E-state index contributed by atoms with van der Waals surface area (Å²) in [5, 5.41) is 9.38. The van der Waals surface area contributed by atoms with Crippen LogP contribution in [-0.4, -0.2) is 35.7 Å². The van der Waals surface area contributed by atoms with Crippen LogP contribution in [0.5, 0.6) is 0 Å². The molecular weight excluding hydrogens is 544 g/mol. The van der Waals surface area contributed by atoms with Crippen LogP contribution in [0.25, 0.3) is 0 Å². The van der Waals surface area contributed by atoms with E-state index < -0.39 is 19.7 Å². The van der Waals surface area contributed by atoms with Crippen molar-refractivity contribution in [2.75, 3.05) is 19.8 Å². The predicted octanol–water partition coefficient (Wildman–Crippen LogP) is 8.92. The van der Waals surface area contributed by atoms with Crippen molar-refractivity contribution in [3.63, 3.8) is 0 Å². The molecule has 0 aromatic heterocycles. The number of unbranched alkanes of at least 4 members (excludes halogenated alkanes) is 15. The maximum Gasteiger partial charge on any atom is 0.469 e. The van der Waals surface area contributed by atoms with Crippen LogP contribution in [0.15, 0.2) is 12.1 Å². The largest absolute Gasteiger partial charge is 0.469 e. The molecule has 0 saturated heterocycles. The predicted molar refractivity (Wildman–Crippen MR) is 162 cm³/mol. The normalized spacial score (nSPS) is 12.5. The highest BCUT2D eigenvalue weighted by atomic mass is 31.2. The first-order valence-corrected chi connectivity index (χ1v) is 17.4. The Hall–Kier alpha value is -1.33. The Morgan fingerprint density at radius 3 is 1.85 bits per heavy atom. The van der Waals surface area contributed by atoms with E-state index in [0.29, 0.717) is 24.2 Å². The highest BCUT2D eigenvalue weighted by molar-refractivity contribution is 7.46. The Morgan fingerprint density at radius 2 is 1.37 bits per heavy atom. The fraction of sp³-hybridized carbons (Fsp3) is 0.781. The van der Waals surface area contributed by atoms with Crippen molar-refractivity contribution in [1.82, 2.24) is 0 Å². The zero-order valence-corrected chi connectivity index (χ0v) is 26.5. The Morgan fingerprint density at radius 1 is 0.829 bits per heavy atom. The summed E-state index contributed by atoms with van der Waals surface area (Å²) in [5.41, 5.74) is 1.13. The molecule has 41 heavy (non-hydrogen) atoms. The number of nitriles is 1. The van der Waals surface area contributed by atoms with E-state index in [4.69, 9.17) is 19.3 Å². The van der Waals surface area contributed by atoms with E-state index in [1.807, 2.05) is 13.0 Å². The third-order valence-electron chi connectivity index (χ3n) is 7.24. The smallest absolute Gasteiger partial charge is 0.379 e. The van der Waals surface area contributed by atoms with Gasteiger partial charge in [0.2, 0.25) is 0 Å². The van der Waals surface area contributed by atoms with Gasteiger partial charge in [-0.15, -0.1) is 0 Å². The number of phosphoric acid groups is 1. The van der Waals surface area contributed by atoms with E-state index in [-0.39, 0.29) is 25.4 Å². The molecule has 1 atom stereocenters. The number of hydrogen-bond donors (Lipinski definition) is 2. The highest BCUT2D eigenvalue weighted by Crippen LogP contribution is 2.36. The monoisotopic (exact) mass is 599 g/mol. The van der Waals surface area contributed by atoms with Crippen molar-refractivity contribution in [2.24, 2.45) is 0 Å². The SMILES string of the molecule is CCCCCCCCCCCCCCCCCCOCC(COP(=O)(O)O)OCc1cc(F)c(CCC)c(C#N)c1. The average Bonchev–Trinajstić information content (AvgIpc) is 2.94. The average molecular weight is 600 g/mol. The van der Waals surface area contributed by atoms with E-state index in [1.165, 1.54) is 96.0 Å². The molecule has 0 aliphatic rings. The molecule has 1 rings (SSSR count). The zero-order valence-electron chi connectivity index (χ0n) is 25.6. The molecule has 1 aromatic rings. The molecule has 0 amide bonds. The Balaban J connectivity index is 2.21.